The average Bonchev–Trinajstić information content (AvgIpc) is 2.16. The molecule has 15 heavy (non-hydrogen) atoms. The molecule has 1 amide bonds. The summed E-state index contributed by atoms with van der Waals surface area (Å²) in [6.07, 6.45) is 0.278. The van der Waals surface area contributed by atoms with Crippen LogP contribution < -0.4 is 5.32 Å². The van der Waals surface area contributed by atoms with Crippen LogP contribution in [0.4, 0.5) is 0 Å². The molecular formula is C10H8Cl2N2O. The quantitative estimate of drug-likeness (QED) is 0.829. The Morgan fingerprint density at radius 2 is 1.93 bits per heavy atom. The van der Waals surface area contributed by atoms with Crippen LogP contribution in [0.1, 0.15) is 16.8 Å². The number of hydrogen-bond donors (Lipinski definition) is 1. The topological polar surface area (TPSA) is 52.9 Å². The number of halogens is 2. The number of benzene rings is 1. The second kappa shape index (κ2) is 5.59. The number of carbonyl (C=O) groups excluding carboxylic acids is 1. The number of carbonyl (C=O) groups is 1. The highest BCUT2D eigenvalue weighted by atomic mass is 35.5. The highest BCUT2D eigenvalue weighted by molar-refractivity contribution is 6.35. The Hall–Kier alpha value is -1.24. The van der Waals surface area contributed by atoms with E-state index in [0.29, 0.717) is 22.2 Å². The molecule has 0 fully saturated rings. The number of nitrogens with zero attached hydrogens (tertiary/aromatic N) is 1. The lowest BCUT2D eigenvalue weighted by Crippen LogP contribution is -2.24. The molecule has 0 bridgehead atoms. The van der Waals surface area contributed by atoms with Crippen LogP contribution in [0, 0.1) is 11.3 Å². The molecule has 5 heteroatoms. The van der Waals surface area contributed by atoms with Crippen LogP contribution in [0.15, 0.2) is 18.2 Å². The SMILES string of the molecule is N#CCCNC(=O)c1cc(Cl)cc(Cl)c1. The Morgan fingerprint density at radius 1 is 1.33 bits per heavy atom. The van der Waals surface area contributed by atoms with Crippen LogP contribution in [0.25, 0.3) is 0 Å². The highest BCUT2D eigenvalue weighted by Gasteiger charge is 2.06. The summed E-state index contributed by atoms with van der Waals surface area (Å²) in [6.45, 7) is 0.319. The van der Waals surface area contributed by atoms with Gasteiger partial charge >= 0.3 is 0 Å². The van der Waals surface area contributed by atoms with E-state index in [1.165, 1.54) is 12.1 Å². The van der Waals surface area contributed by atoms with Crippen molar-refractivity contribution in [1.29, 1.82) is 5.26 Å². The van der Waals surface area contributed by atoms with Gasteiger partial charge in [-0.1, -0.05) is 23.2 Å². The molecule has 1 aromatic carbocycles. The molecule has 3 nitrogen and oxygen atoms in total. The van der Waals surface area contributed by atoms with Crippen molar-refractivity contribution in [1.82, 2.24) is 5.32 Å². The van der Waals surface area contributed by atoms with E-state index < -0.39 is 0 Å². The monoisotopic (exact) mass is 242 g/mol. The Balaban J connectivity index is 2.70. The van der Waals surface area contributed by atoms with Crippen LogP contribution in [-0.2, 0) is 0 Å². The van der Waals surface area contributed by atoms with E-state index >= 15 is 0 Å². The molecule has 0 aromatic heterocycles. The van der Waals surface area contributed by atoms with Crippen molar-refractivity contribution in [3.63, 3.8) is 0 Å². The molecule has 0 spiro atoms. The third-order valence-corrected chi connectivity index (χ3v) is 2.08. The number of nitrogens with one attached hydrogen (secondary N) is 1. The van der Waals surface area contributed by atoms with E-state index in [1.54, 1.807) is 6.07 Å². The van der Waals surface area contributed by atoms with Crippen LogP contribution in [0.5, 0.6) is 0 Å². The fraction of sp³-hybridized carbons (Fsp3) is 0.200. The lowest BCUT2D eigenvalue weighted by Gasteiger charge is -2.03. The Labute approximate surface area is 97.6 Å². The summed E-state index contributed by atoms with van der Waals surface area (Å²) in [5.41, 5.74) is 0.394. The van der Waals surface area contributed by atoms with E-state index in [0.717, 1.165) is 0 Å². The van der Waals surface area contributed by atoms with Crippen molar-refractivity contribution in [2.45, 2.75) is 6.42 Å². The molecule has 0 aliphatic carbocycles. The summed E-state index contributed by atoms with van der Waals surface area (Å²) in [5, 5.41) is 11.7. The summed E-state index contributed by atoms with van der Waals surface area (Å²) >= 11 is 11.5. The number of rotatable bonds is 3. The van der Waals surface area contributed by atoms with Crippen molar-refractivity contribution in [3.8, 4) is 6.07 Å². The van der Waals surface area contributed by atoms with Crippen molar-refractivity contribution in [3.05, 3.63) is 33.8 Å². The summed E-state index contributed by atoms with van der Waals surface area (Å²) in [6, 6.07) is 6.53. The van der Waals surface area contributed by atoms with Crippen molar-refractivity contribution < 1.29 is 4.79 Å². The van der Waals surface area contributed by atoms with E-state index in [4.69, 9.17) is 28.5 Å². The first-order chi connectivity index (χ1) is 7.13. The molecule has 1 rings (SSSR count). The van der Waals surface area contributed by atoms with Gasteiger partial charge in [-0.3, -0.25) is 4.79 Å². The first-order valence-electron chi connectivity index (χ1n) is 4.24. The summed E-state index contributed by atoms with van der Waals surface area (Å²) < 4.78 is 0. The van der Waals surface area contributed by atoms with Crippen molar-refractivity contribution >= 4 is 29.1 Å². The van der Waals surface area contributed by atoms with Gasteiger partial charge < -0.3 is 5.32 Å². The first kappa shape index (κ1) is 11.8. The first-order valence-corrected chi connectivity index (χ1v) is 5.00. The van der Waals surface area contributed by atoms with Crippen molar-refractivity contribution in [2.75, 3.05) is 6.54 Å². The number of amides is 1. The highest BCUT2D eigenvalue weighted by Crippen LogP contribution is 2.18. The molecule has 1 N–H and O–H groups in total. The number of hydrogen-bond acceptors (Lipinski definition) is 2. The van der Waals surface area contributed by atoms with Gasteiger partial charge in [0.2, 0.25) is 0 Å². The Bertz CT molecular complexity index is 392. The minimum absolute atomic E-state index is 0.278. The zero-order valence-electron chi connectivity index (χ0n) is 7.76. The largest absolute Gasteiger partial charge is 0.351 e. The second-order valence-corrected chi connectivity index (χ2v) is 3.70. The molecule has 0 saturated heterocycles. The molecule has 0 saturated carbocycles. The fourth-order valence-corrected chi connectivity index (χ4v) is 1.54. The van der Waals surface area contributed by atoms with Gasteiger partial charge in [-0.05, 0) is 18.2 Å². The van der Waals surface area contributed by atoms with Crippen LogP contribution in [0.3, 0.4) is 0 Å². The van der Waals surface area contributed by atoms with Crippen LogP contribution in [0.2, 0.25) is 10.0 Å². The van der Waals surface area contributed by atoms with Gasteiger partial charge in [0.25, 0.3) is 5.91 Å². The standard InChI is InChI=1S/C10H8Cl2N2O/c11-8-4-7(5-9(12)6-8)10(15)14-3-1-2-13/h4-6H,1,3H2,(H,14,15). The second-order valence-electron chi connectivity index (χ2n) is 2.82. The smallest absolute Gasteiger partial charge is 0.251 e. The lowest BCUT2D eigenvalue weighted by atomic mass is 10.2. The van der Waals surface area contributed by atoms with Gasteiger partial charge in [-0.2, -0.15) is 5.26 Å². The Kier molecular flexibility index (Phi) is 4.41. The fourth-order valence-electron chi connectivity index (χ4n) is 1.02. The Morgan fingerprint density at radius 3 is 2.47 bits per heavy atom. The van der Waals surface area contributed by atoms with Crippen LogP contribution >= 0.6 is 23.2 Å². The number of nitriles is 1. The molecule has 1 aromatic rings. The van der Waals surface area contributed by atoms with Gasteiger partial charge in [0.1, 0.15) is 0 Å². The summed E-state index contributed by atoms with van der Waals surface area (Å²) in [7, 11) is 0. The molecule has 0 aliphatic rings. The molecule has 78 valence electrons. The minimum Gasteiger partial charge on any atom is -0.351 e. The van der Waals surface area contributed by atoms with E-state index in [2.05, 4.69) is 5.32 Å². The van der Waals surface area contributed by atoms with E-state index in [9.17, 15) is 4.79 Å². The summed E-state index contributed by atoms with van der Waals surface area (Å²) in [4.78, 5) is 11.5. The maximum absolute atomic E-state index is 11.5. The maximum Gasteiger partial charge on any atom is 0.251 e. The molecule has 0 radical (unpaired) electrons. The van der Waals surface area contributed by atoms with E-state index in [-0.39, 0.29) is 12.3 Å². The third kappa shape index (κ3) is 3.78. The summed E-state index contributed by atoms with van der Waals surface area (Å²) in [5.74, 6) is -0.283. The predicted octanol–water partition coefficient (Wildman–Crippen LogP) is 2.64. The van der Waals surface area contributed by atoms with Gasteiger partial charge in [-0.15, -0.1) is 0 Å². The minimum atomic E-state index is -0.283. The van der Waals surface area contributed by atoms with Gasteiger partial charge in [0, 0.05) is 22.2 Å². The molecule has 0 heterocycles. The van der Waals surface area contributed by atoms with Gasteiger partial charge in [0.15, 0.2) is 0 Å². The zero-order valence-corrected chi connectivity index (χ0v) is 9.27. The zero-order chi connectivity index (χ0) is 11.3. The average molecular weight is 243 g/mol. The molecule has 0 atom stereocenters. The van der Waals surface area contributed by atoms with Crippen molar-refractivity contribution in [2.24, 2.45) is 0 Å². The third-order valence-electron chi connectivity index (χ3n) is 1.65. The maximum atomic E-state index is 11.5. The molecule has 0 aliphatic heterocycles. The van der Waals surface area contributed by atoms with E-state index in [1.807, 2.05) is 6.07 Å². The predicted molar refractivity (Wildman–Crippen MR) is 59.0 cm³/mol. The van der Waals surface area contributed by atoms with Gasteiger partial charge in [-0.25, -0.2) is 0 Å². The van der Waals surface area contributed by atoms with Gasteiger partial charge in [0.05, 0.1) is 12.5 Å². The normalized spacial score (nSPS) is 9.40. The molecule has 0 unspecified atom stereocenters. The molecular weight excluding hydrogens is 235 g/mol. The lowest BCUT2D eigenvalue weighted by molar-refractivity contribution is 0.0954. The van der Waals surface area contributed by atoms with Crippen LogP contribution in [-0.4, -0.2) is 12.5 Å².